The van der Waals surface area contributed by atoms with Crippen molar-refractivity contribution in [2.75, 3.05) is 26.6 Å². The molecular weight excluding hydrogens is 476 g/mol. The molecule has 166 valence electrons. The predicted octanol–water partition coefficient (Wildman–Crippen LogP) is 3.83. The summed E-state index contributed by atoms with van der Waals surface area (Å²) in [6, 6.07) is 9.50. The Morgan fingerprint density at radius 2 is 2.03 bits per heavy atom. The molecule has 32 heavy (non-hydrogen) atoms. The average Bonchev–Trinajstić information content (AvgIpc) is 2.75. The Kier molecular flexibility index (Phi) is 6.65. The summed E-state index contributed by atoms with van der Waals surface area (Å²) in [5.41, 5.74) is 9.45. The number of hydrogen-bond donors (Lipinski definition) is 3. The number of carbonyl (C=O) groups excluding carboxylic acids is 1. The van der Waals surface area contributed by atoms with Crippen molar-refractivity contribution in [2.45, 2.75) is 12.8 Å². The Balaban J connectivity index is 2.31. The Hall–Kier alpha value is -3.64. The molecule has 0 aliphatic carbocycles. The third kappa shape index (κ3) is 3.97. The van der Waals surface area contributed by atoms with Crippen LogP contribution in [-0.4, -0.2) is 27.2 Å². The van der Waals surface area contributed by atoms with E-state index in [9.17, 15) is 10.1 Å². The van der Waals surface area contributed by atoms with Gasteiger partial charge in [-0.05, 0) is 39.7 Å². The summed E-state index contributed by atoms with van der Waals surface area (Å²) < 4.78 is 17.5. The Morgan fingerprint density at radius 1 is 1.31 bits per heavy atom. The fourth-order valence-electron chi connectivity index (χ4n) is 3.75. The molecule has 1 atom stereocenters. The van der Waals surface area contributed by atoms with Crippen LogP contribution in [0.2, 0.25) is 0 Å². The van der Waals surface area contributed by atoms with Gasteiger partial charge in [-0.3, -0.25) is 4.79 Å². The minimum absolute atomic E-state index is 0.0268. The Morgan fingerprint density at radius 3 is 2.59 bits per heavy atom. The highest BCUT2D eigenvalue weighted by molar-refractivity contribution is 9.10. The first-order chi connectivity index (χ1) is 15.3. The van der Waals surface area contributed by atoms with Gasteiger partial charge in [0.05, 0.1) is 30.2 Å². The van der Waals surface area contributed by atoms with Gasteiger partial charge in [-0.15, -0.1) is 0 Å². The number of amides is 1. The molecule has 0 saturated heterocycles. The number of fused-ring (bicyclic) bond motifs is 1. The first-order valence-electron chi connectivity index (χ1n) is 9.57. The smallest absolute Gasteiger partial charge is 0.221 e. The monoisotopic (exact) mass is 498 g/mol. The molecule has 0 saturated carbocycles. The third-order valence-electron chi connectivity index (χ3n) is 5.07. The zero-order valence-corrected chi connectivity index (χ0v) is 19.7. The topological polar surface area (TPSA) is 119 Å². The van der Waals surface area contributed by atoms with E-state index in [1.807, 2.05) is 18.2 Å². The Labute approximate surface area is 194 Å². The highest BCUT2D eigenvalue weighted by Gasteiger charge is 2.34. The van der Waals surface area contributed by atoms with Crippen molar-refractivity contribution in [1.29, 1.82) is 5.26 Å². The first-order valence-corrected chi connectivity index (χ1v) is 10.4. The molecule has 1 aliphatic rings. The van der Waals surface area contributed by atoms with Crippen LogP contribution in [0.1, 0.15) is 29.5 Å². The summed E-state index contributed by atoms with van der Waals surface area (Å²) in [4.78, 5) is 11.7. The fourth-order valence-corrected chi connectivity index (χ4v) is 4.37. The van der Waals surface area contributed by atoms with Gasteiger partial charge in [0, 0.05) is 30.9 Å². The molecule has 0 bridgehead atoms. The van der Waals surface area contributed by atoms with E-state index < -0.39 is 5.92 Å². The molecule has 8 nitrogen and oxygen atoms in total. The number of nitrogens with two attached hydrogens (primary N) is 1. The van der Waals surface area contributed by atoms with Gasteiger partial charge in [-0.25, -0.2) is 0 Å². The number of ether oxygens (including phenoxy) is 3. The van der Waals surface area contributed by atoms with Gasteiger partial charge >= 0.3 is 0 Å². The van der Waals surface area contributed by atoms with Crippen molar-refractivity contribution in [3.8, 4) is 23.3 Å². The molecular formula is C23H23BrN4O4. The minimum Gasteiger partial charge on any atom is -0.493 e. The van der Waals surface area contributed by atoms with Crippen molar-refractivity contribution in [3.63, 3.8) is 0 Å². The van der Waals surface area contributed by atoms with Crippen molar-refractivity contribution in [1.82, 2.24) is 5.32 Å². The number of nitrogens with zero attached hydrogens (tertiary/aromatic N) is 1. The lowest BCUT2D eigenvalue weighted by molar-refractivity contribution is -0.117. The number of halogens is 1. The number of benzene rings is 2. The Bertz CT molecular complexity index is 1180. The molecule has 2 aromatic rings. The molecule has 9 heteroatoms. The number of hydrogen-bond acceptors (Lipinski definition) is 7. The maximum atomic E-state index is 11.7. The van der Waals surface area contributed by atoms with Crippen LogP contribution in [0.4, 0.5) is 5.69 Å². The maximum absolute atomic E-state index is 11.7. The minimum atomic E-state index is -0.547. The molecule has 3 rings (SSSR count). The second-order valence-electron chi connectivity index (χ2n) is 6.98. The van der Waals surface area contributed by atoms with Gasteiger partial charge in [-0.2, -0.15) is 5.26 Å². The van der Waals surface area contributed by atoms with Gasteiger partial charge in [-0.1, -0.05) is 12.6 Å². The maximum Gasteiger partial charge on any atom is 0.221 e. The summed E-state index contributed by atoms with van der Waals surface area (Å²) in [7, 11) is 4.83. The normalized spacial score (nSPS) is 14.6. The largest absolute Gasteiger partial charge is 0.493 e. The number of nitrogens with one attached hydrogen (secondary N) is 2. The molecule has 1 unspecified atom stereocenters. The summed E-state index contributed by atoms with van der Waals surface area (Å²) in [6.07, 6.45) is 0. The number of methoxy groups -OCH3 is 2. The lowest BCUT2D eigenvalue weighted by Crippen LogP contribution is -2.24. The van der Waals surface area contributed by atoms with E-state index in [1.165, 1.54) is 14.0 Å². The van der Waals surface area contributed by atoms with Gasteiger partial charge in [0.1, 0.15) is 17.4 Å². The highest BCUT2D eigenvalue weighted by Crippen LogP contribution is 2.49. The van der Waals surface area contributed by atoms with E-state index >= 15 is 0 Å². The number of allylic oxidation sites excluding steroid dienone is 1. The van der Waals surface area contributed by atoms with Gasteiger partial charge < -0.3 is 30.6 Å². The van der Waals surface area contributed by atoms with Crippen LogP contribution >= 0.6 is 15.9 Å². The summed E-state index contributed by atoms with van der Waals surface area (Å²) in [5, 5.41) is 15.7. The second kappa shape index (κ2) is 9.24. The van der Waals surface area contributed by atoms with Crippen molar-refractivity contribution in [3.05, 3.63) is 63.5 Å². The SMILES string of the molecule is C=C(NC(C)=O)c1c(NC)ccc2c1OC(N)=C(C#N)C2c1cc(Br)c(OC)c(OC)c1. The lowest BCUT2D eigenvalue weighted by Gasteiger charge is -2.30. The van der Waals surface area contributed by atoms with Crippen LogP contribution in [0, 0.1) is 11.3 Å². The molecule has 0 spiro atoms. The highest BCUT2D eigenvalue weighted by atomic mass is 79.9. The van der Waals surface area contributed by atoms with E-state index in [4.69, 9.17) is 19.9 Å². The molecule has 2 aromatic carbocycles. The van der Waals surface area contributed by atoms with E-state index in [1.54, 1.807) is 20.2 Å². The van der Waals surface area contributed by atoms with Gasteiger partial charge in [0.25, 0.3) is 0 Å². The summed E-state index contributed by atoms with van der Waals surface area (Å²) >= 11 is 3.51. The second-order valence-corrected chi connectivity index (χ2v) is 7.83. The van der Waals surface area contributed by atoms with Crippen molar-refractivity contribution < 1.29 is 19.0 Å². The first kappa shape index (κ1) is 23.0. The third-order valence-corrected chi connectivity index (χ3v) is 5.66. The van der Waals surface area contributed by atoms with E-state index in [-0.39, 0.29) is 17.4 Å². The van der Waals surface area contributed by atoms with Crippen molar-refractivity contribution in [2.24, 2.45) is 5.73 Å². The van der Waals surface area contributed by atoms with Crippen LogP contribution in [0.25, 0.3) is 5.70 Å². The van der Waals surface area contributed by atoms with Crippen molar-refractivity contribution >= 4 is 33.2 Å². The molecule has 4 N–H and O–H groups in total. The van der Waals surface area contributed by atoms with Gasteiger partial charge in [0.2, 0.25) is 11.8 Å². The molecule has 0 fully saturated rings. The quantitative estimate of drug-likeness (QED) is 0.553. The number of nitriles is 1. The molecule has 1 amide bonds. The number of rotatable bonds is 6. The molecule has 1 aliphatic heterocycles. The van der Waals surface area contributed by atoms with E-state index in [0.717, 1.165) is 5.56 Å². The zero-order valence-electron chi connectivity index (χ0n) is 18.1. The van der Waals surface area contributed by atoms with Crippen LogP contribution in [0.15, 0.2) is 46.8 Å². The van der Waals surface area contributed by atoms with E-state index in [2.05, 4.69) is 39.2 Å². The number of carbonyl (C=O) groups is 1. The zero-order chi connectivity index (χ0) is 23.6. The molecule has 0 aromatic heterocycles. The number of anilines is 1. The van der Waals surface area contributed by atoms with Crippen LogP contribution in [-0.2, 0) is 4.79 Å². The van der Waals surface area contributed by atoms with Crippen LogP contribution in [0.5, 0.6) is 17.2 Å². The summed E-state index contributed by atoms with van der Waals surface area (Å²) in [5.74, 6) is 0.588. The molecule has 1 heterocycles. The predicted molar refractivity (Wildman–Crippen MR) is 125 cm³/mol. The molecule has 0 radical (unpaired) electrons. The fraction of sp³-hybridized carbons (Fsp3) is 0.217. The average molecular weight is 499 g/mol. The standard InChI is InChI=1S/C23H23BrN4O4/c1-11(28-12(2)29)19-17(27-3)7-6-14-20(15(10-25)23(26)32-21(14)19)13-8-16(24)22(31-5)18(9-13)30-4/h6-9,20,27H,1,26H2,2-5H3,(H,28,29). The van der Waals surface area contributed by atoms with Crippen LogP contribution < -0.4 is 30.6 Å². The lowest BCUT2D eigenvalue weighted by atomic mass is 9.82. The van der Waals surface area contributed by atoms with Gasteiger partial charge in [0.15, 0.2) is 11.5 Å². The van der Waals surface area contributed by atoms with Crippen LogP contribution in [0.3, 0.4) is 0 Å². The summed E-state index contributed by atoms with van der Waals surface area (Å²) in [6.45, 7) is 5.39. The van der Waals surface area contributed by atoms with E-state index in [0.29, 0.717) is 44.2 Å².